The predicted octanol–water partition coefficient (Wildman–Crippen LogP) is 12.9. The van der Waals surface area contributed by atoms with E-state index in [4.69, 9.17) is 0 Å². The third-order valence-corrected chi connectivity index (χ3v) is 8.47. The Morgan fingerprint density at radius 2 is 0.974 bits per heavy atom. The lowest BCUT2D eigenvalue weighted by molar-refractivity contribution is -0.0158. The van der Waals surface area contributed by atoms with Crippen LogP contribution in [0.3, 0.4) is 0 Å². The van der Waals surface area contributed by atoms with E-state index in [1.807, 2.05) is 24.3 Å². The van der Waals surface area contributed by atoms with E-state index in [2.05, 4.69) is 59.0 Å². The number of benzene rings is 2. The number of Topliss-reactive ketones (excluding diaryl/α,β-unsaturated/α-hetero) is 1. The Kier molecular flexibility index (Phi) is 21.5. The summed E-state index contributed by atoms with van der Waals surface area (Å²) in [5.74, 6) is -2.38. The average molecular weight is 767 g/mol. The summed E-state index contributed by atoms with van der Waals surface area (Å²) in [7, 11) is 0. The summed E-state index contributed by atoms with van der Waals surface area (Å²) in [4.78, 5) is 11.9. The molecule has 0 fully saturated rings. The van der Waals surface area contributed by atoms with Crippen LogP contribution in [-0.4, -0.2) is 5.78 Å². The van der Waals surface area contributed by atoms with E-state index in [1.54, 1.807) is 24.3 Å². The summed E-state index contributed by atoms with van der Waals surface area (Å²) >= 11 is 4.39. The quantitative estimate of drug-likeness (QED) is 0.0745. The normalized spacial score (nSPS) is 11.2. The van der Waals surface area contributed by atoms with E-state index >= 15 is 0 Å². The topological polar surface area (TPSA) is 17.1 Å². The Hall–Kier alpha value is -0.570. The van der Waals surface area contributed by atoms with Crippen LogP contribution < -0.4 is 0 Å². The largest absolute Gasteiger partial charge is 0.294 e. The van der Waals surface area contributed by atoms with Crippen LogP contribution in [0.5, 0.6) is 0 Å². The fourth-order valence-corrected chi connectivity index (χ4v) is 5.24. The molecule has 0 saturated carbocycles. The minimum absolute atomic E-state index is 0.0252. The molecule has 0 saturated heterocycles. The van der Waals surface area contributed by atoms with Crippen LogP contribution in [0.2, 0.25) is 0 Å². The van der Waals surface area contributed by atoms with Crippen LogP contribution in [0.15, 0.2) is 48.5 Å². The lowest BCUT2D eigenvalue weighted by atomic mass is 10.0. The Morgan fingerprint density at radius 1 is 0.590 bits per heavy atom. The molecule has 220 valence electrons. The summed E-state index contributed by atoms with van der Waals surface area (Å²) in [5, 5.41) is 0. The molecular formula is C34H50F2I2O. The van der Waals surface area contributed by atoms with E-state index in [0.717, 1.165) is 28.4 Å². The van der Waals surface area contributed by atoms with Gasteiger partial charge in [0.25, 0.3) is 5.92 Å². The highest BCUT2D eigenvalue weighted by Gasteiger charge is 2.30. The van der Waals surface area contributed by atoms with E-state index in [0.29, 0.717) is 18.6 Å². The summed E-state index contributed by atoms with van der Waals surface area (Å²) in [6.45, 7) is 4.45. The summed E-state index contributed by atoms with van der Waals surface area (Å²) in [5.41, 5.74) is 1.02. The molecule has 0 spiro atoms. The molecule has 0 aliphatic rings. The van der Waals surface area contributed by atoms with E-state index in [1.165, 1.54) is 80.6 Å². The second-order valence-corrected chi connectivity index (χ2v) is 13.1. The van der Waals surface area contributed by atoms with Gasteiger partial charge in [-0.15, -0.1) is 0 Å². The van der Waals surface area contributed by atoms with Crippen molar-refractivity contribution in [2.24, 2.45) is 0 Å². The first kappa shape index (κ1) is 36.5. The lowest BCUT2D eigenvalue weighted by Crippen LogP contribution is -2.13. The highest BCUT2D eigenvalue weighted by Crippen LogP contribution is 2.34. The lowest BCUT2D eigenvalue weighted by Gasteiger charge is -2.16. The second-order valence-electron chi connectivity index (χ2n) is 10.6. The van der Waals surface area contributed by atoms with Gasteiger partial charge in [-0.3, -0.25) is 4.79 Å². The molecule has 1 nitrogen and oxygen atoms in total. The summed E-state index contributed by atoms with van der Waals surface area (Å²) < 4.78 is 30.1. The minimum Gasteiger partial charge on any atom is -0.294 e. The molecule has 0 atom stereocenters. The van der Waals surface area contributed by atoms with Crippen molar-refractivity contribution in [1.29, 1.82) is 0 Å². The Balaban J connectivity index is 0.000000391. The van der Waals surface area contributed by atoms with Gasteiger partial charge in [-0.2, -0.15) is 0 Å². The molecule has 0 N–H and O–H groups in total. The highest BCUT2D eigenvalue weighted by atomic mass is 127. The molecule has 0 aromatic heterocycles. The molecule has 0 unspecified atom stereocenters. The monoisotopic (exact) mass is 766 g/mol. The van der Waals surface area contributed by atoms with Gasteiger partial charge in [0, 0.05) is 31.1 Å². The fraction of sp³-hybridized carbons (Fsp3) is 0.618. The fourth-order valence-electron chi connectivity index (χ4n) is 4.52. The Morgan fingerprint density at radius 3 is 1.44 bits per heavy atom. The SMILES string of the molecule is CCCCCCCCCCC(=O)c1ccc(I)cc1.CCCCCCCCCCC(F)(F)c1ccc(I)cc1. The number of unbranched alkanes of at least 4 members (excludes halogenated alkanes) is 14. The van der Waals surface area contributed by atoms with Crippen LogP contribution >= 0.6 is 45.2 Å². The van der Waals surface area contributed by atoms with Gasteiger partial charge in [-0.05, 0) is 82.3 Å². The number of ketones is 1. The molecule has 2 rings (SSSR count). The van der Waals surface area contributed by atoms with Crippen molar-refractivity contribution in [2.45, 2.75) is 135 Å². The number of alkyl halides is 2. The molecule has 0 amide bonds. The van der Waals surface area contributed by atoms with Gasteiger partial charge in [0.15, 0.2) is 5.78 Å². The van der Waals surface area contributed by atoms with Gasteiger partial charge >= 0.3 is 0 Å². The molecule has 0 heterocycles. The molecule has 0 aliphatic heterocycles. The number of hydrogen-bond acceptors (Lipinski definition) is 1. The number of halogens is 4. The number of carbonyl (C=O) groups excluding carboxylic acids is 1. The highest BCUT2D eigenvalue weighted by molar-refractivity contribution is 14.1. The van der Waals surface area contributed by atoms with Crippen molar-refractivity contribution in [3.8, 4) is 0 Å². The van der Waals surface area contributed by atoms with Gasteiger partial charge in [0.1, 0.15) is 0 Å². The molecule has 2 aromatic rings. The minimum atomic E-state index is -2.67. The van der Waals surface area contributed by atoms with Crippen molar-refractivity contribution < 1.29 is 13.6 Å². The van der Waals surface area contributed by atoms with Crippen molar-refractivity contribution in [1.82, 2.24) is 0 Å². The zero-order valence-corrected chi connectivity index (χ0v) is 28.6. The first-order chi connectivity index (χ1) is 18.8. The van der Waals surface area contributed by atoms with Crippen molar-refractivity contribution in [3.05, 3.63) is 66.8 Å². The maximum Gasteiger partial charge on any atom is 0.273 e. The zero-order chi connectivity index (χ0) is 28.8. The van der Waals surface area contributed by atoms with Crippen molar-refractivity contribution in [3.63, 3.8) is 0 Å². The van der Waals surface area contributed by atoms with Gasteiger partial charge in [0.2, 0.25) is 0 Å². The predicted molar refractivity (Wildman–Crippen MR) is 181 cm³/mol. The van der Waals surface area contributed by atoms with Crippen LogP contribution in [0.4, 0.5) is 8.78 Å². The Bertz CT molecular complexity index is 866. The molecule has 0 radical (unpaired) electrons. The smallest absolute Gasteiger partial charge is 0.273 e. The van der Waals surface area contributed by atoms with E-state index in [9.17, 15) is 13.6 Å². The number of rotatable bonds is 20. The van der Waals surface area contributed by atoms with E-state index in [-0.39, 0.29) is 12.0 Å². The van der Waals surface area contributed by atoms with Crippen LogP contribution in [0.1, 0.15) is 145 Å². The van der Waals surface area contributed by atoms with E-state index < -0.39 is 5.92 Å². The van der Waals surface area contributed by atoms with Crippen LogP contribution in [0, 0.1) is 7.14 Å². The van der Waals surface area contributed by atoms with Gasteiger partial charge in [-0.1, -0.05) is 128 Å². The van der Waals surface area contributed by atoms with Crippen LogP contribution in [0.25, 0.3) is 0 Å². The number of hydrogen-bond donors (Lipinski definition) is 0. The first-order valence-electron chi connectivity index (χ1n) is 15.2. The van der Waals surface area contributed by atoms with Crippen LogP contribution in [-0.2, 0) is 5.92 Å². The zero-order valence-electron chi connectivity index (χ0n) is 24.3. The summed E-state index contributed by atoms with van der Waals surface area (Å²) in [6.07, 6.45) is 19.8. The molecule has 5 heteroatoms. The third kappa shape index (κ3) is 18.5. The van der Waals surface area contributed by atoms with Gasteiger partial charge in [-0.25, -0.2) is 8.78 Å². The molecule has 2 aromatic carbocycles. The molecule has 39 heavy (non-hydrogen) atoms. The standard InChI is InChI=1S/C17H25F2I.C17H25IO/c1-2-3-4-5-6-7-8-9-14-17(18,19)15-10-12-16(20)13-11-15;1-2-3-4-5-6-7-8-9-10-17(19)15-11-13-16(18)14-12-15/h10-13H,2-9,14H2,1H3;11-14H,2-10H2,1H3. The van der Waals surface area contributed by atoms with Crippen molar-refractivity contribution >= 4 is 51.0 Å². The Labute approximate surface area is 265 Å². The maximum absolute atomic E-state index is 14.0. The number of carbonyl (C=O) groups is 1. The summed E-state index contributed by atoms with van der Waals surface area (Å²) in [6, 6.07) is 14.5. The van der Waals surface area contributed by atoms with Gasteiger partial charge < -0.3 is 0 Å². The molecule has 0 aliphatic carbocycles. The van der Waals surface area contributed by atoms with Crippen molar-refractivity contribution in [2.75, 3.05) is 0 Å². The maximum atomic E-state index is 14.0. The average Bonchev–Trinajstić information content (AvgIpc) is 2.92. The first-order valence-corrected chi connectivity index (χ1v) is 17.4. The third-order valence-electron chi connectivity index (χ3n) is 7.03. The molecular weight excluding hydrogens is 716 g/mol. The van der Waals surface area contributed by atoms with Gasteiger partial charge in [0.05, 0.1) is 0 Å². The molecule has 0 bridgehead atoms. The second kappa shape index (κ2) is 23.0.